The maximum atomic E-state index is 12.2. The van der Waals surface area contributed by atoms with Crippen LogP contribution in [-0.2, 0) is 4.79 Å². The summed E-state index contributed by atoms with van der Waals surface area (Å²) in [5.41, 5.74) is 0.420. The molecule has 0 unspecified atom stereocenters. The van der Waals surface area contributed by atoms with Crippen LogP contribution in [0.1, 0.15) is 17.3 Å². The first-order valence-corrected chi connectivity index (χ1v) is 7.56. The van der Waals surface area contributed by atoms with Crippen LogP contribution in [0, 0.1) is 0 Å². The van der Waals surface area contributed by atoms with Crippen LogP contribution in [0.5, 0.6) is 11.5 Å². The smallest absolute Gasteiger partial charge is 0.251 e. The Morgan fingerprint density at radius 1 is 1.30 bits per heavy atom. The number of rotatable bonds is 5. The summed E-state index contributed by atoms with van der Waals surface area (Å²) in [4.78, 5) is 26.1. The van der Waals surface area contributed by atoms with Crippen molar-refractivity contribution in [3.05, 3.63) is 23.8 Å². The Hall–Kier alpha value is -2.28. The fourth-order valence-corrected chi connectivity index (χ4v) is 2.51. The fraction of sp³-hybridized carbons (Fsp3) is 0.500. The molecule has 1 saturated heterocycles. The lowest BCUT2D eigenvalue weighted by molar-refractivity contribution is -0.131. The Bertz CT molecular complexity index is 576. The van der Waals surface area contributed by atoms with Gasteiger partial charge in [0, 0.05) is 31.2 Å². The molecule has 2 N–H and O–H groups in total. The largest absolute Gasteiger partial charge is 0.493 e. The topological polar surface area (TPSA) is 79.9 Å². The van der Waals surface area contributed by atoms with Crippen molar-refractivity contribution in [2.45, 2.75) is 13.0 Å². The van der Waals surface area contributed by atoms with Crippen LogP contribution >= 0.6 is 0 Å². The second kappa shape index (κ2) is 7.82. The molecule has 0 spiro atoms. The number of nitrogens with zero attached hydrogens (tertiary/aromatic N) is 1. The number of carbonyl (C=O) groups is 2. The van der Waals surface area contributed by atoms with Crippen LogP contribution < -0.4 is 20.1 Å². The van der Waals surface area contributed by atoms with Crippen molar-refractivity contribution in [1.29, 1.82) is 0 Å². The Kier molecular flexibility index (Phi) is 5.81. The molecule has 1 aromatic rings. The number of benzene rings is 1. The van der Waals surface area contributed by atoms with Crippen LogP contribution in [-0.4, -0.2) is 63.2 Å². The predicted octanol–water partition coefficient (Wildman–Crippen LogP) is 0.254. The summed E-state index contributed by atoms with van der Waals surface area (Å²) in [6, 6.07) is 5.15. The van der Waals surface area contributed by atoms with Crippen LogP contribution in [0.4, 0.5) is 0 Å². The van der Waals surface area contributed by atoms with Crippen molar-refractivity contribution in [2.24, 2.45) is 0 Å². The van der Waals surface area contributed by atoms with Gasteiger partial charge in [-0.15, -0.1) is 0 Å². The minimum atomic E-state index is -0.317. The van der Waals surface area contributed by atoms with E-state index in [0.29, 0.717) is 30.2 Å². The first kappa shape index (κ1) is 17.1. The summed E-state index contributed by atoms with van der Waals surface area (Å²) >= 11 is 0. The third-order valence-corrected chi connectivity index (χ3v) is 3.77. The summed E-state index contributed by atoms with van der Waals surface area (Å²) in [6.07, 6.45) is 0. The van der Waals surface area contributed by atoms with Crippen molar-refractivity contribution in [1.82, 2.24) is 15.5 Å². The normalized spacial score (nSPS) is 17.5. The molecule has 7 nitrogen and oxygen atoms in total. The van der Waals surface area contributed by atoms with Crippen LogP contribution in [0.15, 0.2) is 18.2 Å². The van der Waals surface area contributed by atoms with Gasteiger partial charge in [-0.05, 0) is 25.1 Å². The molecule has 1 aliphatic rings. The lowest BCUT2D eigenvalue weighted by Gasteiger charge is -2.31. The molecule has 1 atom stereocenters. The van der Waals surface area contributed by atoms with Gasteiger partial charge in [-0.1, -0.05) is 0 Å². The second-order valence-corrected chi connectivity index (χ2v) is 5.45. The molecule has 126 valence electrons. The van der Waals surface area contributed by atoms with Crippen molar-refractivity contribution in [2.75, 3.05) is 40.4 Å². The molecule has 2 rings (SSSR count). The van der Waals surface area contributed by atoms with E-state index in [4.69, 9.17) is 9.47 Å². The molecule has 23 heavy (non-hydrogen) atoms. The Balaban J connectivity index is 1.93. The Morgan fingerprint density at radius 3 is 2.70 bits per heavy atom. The van der Waals surface area contributed by atoms with Gasteiger partial charge in [-0.3, -0.25) is 9.59 Å². The van der Waals surface area contributed by atoms with E-state index in [0.717, 1.165) is 6.54 Å². The number of piperazine rings is 1. The van der Waals surface area contributed by atoms with Gasteiger partial charge in [0.1, 0.15) is 0 Å². The summed E-state index contributed by atoms with van der Waals surface area (Å²) in [7, 11) is 3.04. The third kappa shape index (κ3) is 4.35. The third-order valence-electron chi connectivity index (χ3n) is 3.77. The molecule has 1 aliphatic heterocycles. The summed E-state index contributed by atoms with van der Waals surface area (Å²) in [5.74, 6) is 0.631. The lowest BCUT2D eigenvalue weighted by Crippen LogP contribution is -2.53. The molecule has 0 radical (unpaired) electrons. The highest BCUT2D eigenvalue weighted by molar-refractivity contribution is 5.97. The maximum absolute atomic E-state index is 12.2. The van der Waals surface area contributed by atoms with Gasteiger partial charge in [0.25, 0.3) is 5.91 Å². The summed E-state index contributed by atoms with van der Waals surface area (Å²) in [5, 5.41) is 5.93. The number of hydrogen-bond acceptors (Lipinski definition) is 5. The zero-order valence-electron chi connectivity index (χ0n) is 13.7. The van der Waals surface area contributed by atoms with Crippen LogP contribution in [0.3, 0.4) is 0 Å². The lowest BCUT2D eigenvalue weighted by atomic mass is 10.2. The van der Waals surface area contributed by atoms with Gasteiger partial charge in [-0.25, -0.2) is 0 Å². The Labute approximate surface area is 135 Å². The molecule has 7 heteroatoms. The molecular weight excluding hydrogens is 298 g/mol. The minimum Gasteiger partial charge on any atom is -0.493 e. The highest BCUT2D eigenvalue weighted by Crippen LogP contribution is 2.27. The maximum Gasteiger partial charge on any atom is 0.251 e. The molecule has 1 heterocycles. The van der Waals surface area contributed by atoms with E-state index < -0.39 is 0 Å². The van der Waals surface area contributed by atoms with Gasteiger partial charge >= 0.3 is 0 Å². The van der Waals surface area contributed by atoms with Crippen LogP contribution in [0.2, 0.25) is 0 Å². The van der Waals surface area contributed by atoms with Gasteiger partial charge in [0.2, 0.25) is 5.91 Å². The quantitative estimate of drug-likeness (QED) is 0.813. The summed E-state index contributed by atoms with van der Waals surface area (Å²) in [6.45, 7) is 4.11. The number of ether oxygens (including phenoxy) is 2. The average molecular weight is 321 g/mol. The molecule has 2 amide bonds. The zero-order chi connectivity index (χ0) is 16.8. The number of amides is 2. The number of methoxy groups -OCH3 is 2. The van der Waals surface area contributed by atoms with E-state index in [1.165, 1.54) is 14.2 Å². The predicted molar refractivity (Wildman–Crippen MR) is 85.9 cm³/mol. The minimum absolute atomic E-state index is 0.0140. The highest BCUT2D eigenvalue weighted by atomic mass is 16.5. The van der Waals surface area contributed by atoms with Crippen molar-refractivity contribution >= 4 is 11.8 Å². The number of nitrogens with one attached hydrogen (secondary N) is 2. The summed E-state index contributed by atoms with van der Waals surface area (Å²) < 4.78 is 10.3. The van der Waals surface area contributed by atoms with Crippen molar-refractivity contribution < 1.29 is 19.1 Å². The molecule has 1 fully saturated rings. The second-order valence-electron chi connectivity index (χ2n) is 5.45. The standard InChI is InChI=1S/C16H23N3O4/c1-11-10-19(7-6-17-11)15(20)9-18-16(21)12-4-5-13(22-2)14(8-12)23-3/h4-5,8,11,17H,6-7,9-10H2,1-3H3,(H,18,21)/t11-/m1/s1. The van der Waals surface area contributed by atoms with E-state index >= 15 is 0 Å². The van der Waals surface area contributed by atoms with E-state index in [1.54, 1.807) is 23.1 Å². The van der Waals surface area contributed by atoms with Crippen LogP contribution in [0.25, 0.3) is 0 Å². The van der Waals surface area contributed by atoms with E-state index in [-0.39, 0.29) is 24.4 Å². The molecule has 0 aromatic heterocycles. The zero-order valence-corrected chi connectivity index (χ0v) is 13.7. The highest BCUT2D eigenvalue weighted by Gasteiger charge is 2.21. The molecule has 0 aliphatic carbocycles. The average Bonchev–Trinajstić information content (AvgIpc) is 2.58. The van der Waals surface area contributed by atoms with Gasteiger partial charge in [0.15, 0.2) is 11.5 Å². The van der Waals surface area contributed by atoms with E-state index in [2.05, 4.69) is 10.6 Å². The number of hydrogen-bond donors (Lipinski definition) is 2. The first-order chi connectivity index (χ1) is 11.0. The van der Waals surface area contributed by atoms with Gasteiger partial charge < -0.3 is 25.0 Å². The van der Waals surface area contributed by atoms with E-state index in [9.17, 15) is 9.59 Å². The Morgan fingerprint density at radius 2 is 2.04 bits per heavy atom. The SMILES string of the molecule is COc1ccc(C(=O)NCC(=O)N2CCN[C@H](C)C2)cc1OC. The van der Waals surface area contributed by atoms with E-state index in [1.807, 2.05) is 6.92 Å². The fourth-order valence-electron chi connectivity index (χ4n) is 2.51. The first-order valence-electron chi connectivity index (χ1n) is 7.56. The monoisotopic (exact) mass is 321 g/mol. The van der Waals surface area contributed by atoms with Gasteiger partial charge in [0.05, 0.1) is 20.8 Å². The molecule has 0 saturated carbocycles. The number of carbonyl (C=O) groups excluding carboxylic acids is 2. The molecular formula is C16H23N3O4. The van der Waals surface area contributed by atoms with Crippen molar-refractivity contribution in [3.8, 4) is 11.5 Å². The molecule has 0 bridgehead atoms. The van der Waals surface area contributed by atoms with Gasteiger partial charge in [-0.2, -0.15) is 0 Å². The van der Waals surface area contributed by atoms with Crippen molar-refractivity contribution in [3.63, 3.8) is 0 Å². The molecule has 1 aromatic carbocycles.